The first-order valence-electron chi connectivity index (χ1n) is 4.45. The Morgan fingerprint density at radius 2 is 1.65 bits per heavy atom. The van der Waals surface area contributed by atoms with Crippen molar-refractivity contribution in [3.8, 4) is 11.1 Å². The van der Waals surface area contributed by atoms with Crippen LogP contribution >= 0.6 is 57.4 Å². The van der Waals surface area contributed by atoms with Gasteiger partial charge in [-0.25, -0.2) is 4.98 Å². The summed E-state index contributed by atoms with van der Waals surface area (Å²) in [7, 11) is 0. The lowest BCUT2D eigenvalue weighted by atomic mass is 10.1. The van der Waals surface area contributed by atoms with E-state index in [1.807, 2.05) is 22.6 Å². The number of halogens is 5. The zero-order valence-electron chi connectivity index (χ0n) is 8.15. The van der Waals surface area contributed by atoms with Crippen LogP contribution in [0.2, 0.25) is 15.1 Å². The summed E-state index contributed by atoms with van der Waals surface area (Å²) in [6.45, 7) is 0. The predicted molar refractivity (Wildman–Crippen MR) is 77.4 cm³/mol. The van der Waals surface area contributed by atoms with Gasteiger partial charge in [-0.1, -0.05) is 34.8 Å². The summed E-state index contributed by atoms with van der Waals surface area (Å²) in [5.41, 5.74) is 1.26. The molecule has 0 spiro atoms. The molecule has 0 saturated carbocycles. The number of nitrogens with zero attached hydrogens (tertiary/aromatic N) is 1. The van der Waals surface area contributed by atoms with Gasteiger partial charge in [-0.15, -0.1) is 0 Å². The molecule has 0 unspecified atom stereocenters. The summed E-state index contributed by atoms with van der Waals surface area (Å²) >= 11 is 19.8. The third-order valence-corrected chi connectivity index (χ3v) is 3.66. The lowest BCUT2D eigenvalue weighted by Crippen LogP contribution is -1.90. The van der Waals surface area contributed by atoms with Crippen LogP contribution in [0, 0.1) is 9.52 Å². The standard InChI is InChI=1S/C11H4Cl3FIN/c12-6-2-7(13)10(8(14)3-6)5-1-9(16)11(15)17-4-5/h1-4H. The van der Waals surface area contributed by atoms with E-state index in [4.69, 9.17) is 34.8 Å². The van der Waals surface area contributed by atoms with E-state index in [1.54, 1.807) is 18.2 Å². The van der Waals surface area contributed by atoms with E-state index in [1.165, 1.54) is 6.20 Å². The van der Waals surface area contributed by atoms with Crippen molar-refractivity contribution in [3.63, 3.8) is 0 Å². The van der Waals surface area contributed by atoms with Gasteiger partial charge in [0.05, 0.1) is 13.6 Å². The summed E-state index contributed by atoms with van der Waals surface area (Å²) in [5, 5.41) is 1.27. The van der Waals surface area contributed by atoms with E-state index in [0.29, 0.717) is 29.8 Å². The van der Waals surface area contributed by atoms with Gasteiger partial charge in [0.2, 0.25) is 5.95 Å². The monoisotopic (exact) mass is 401 g/mol. The molecule has 1 heterocycles. The molecule has 0 N–H and O–H groups in total. The highest BCUT2D eigenvalue weighted by Crippen LogP contribution is 2.37. The molecule has 2 rings (SSSR count). The van der Waals surface area contributed by atoms with Gasteiger partial charge in [0.15, 0.2) is 0 Å². The third kappa shape index (κ3) is 2.84. The fourth-order valence-corrected chi connectivity index (χ4v) is 2.89. The molecule has 2 aromatic rings. The molecule has 1 nitrogen and oxygen atoms in total. The summed E-state index contributed by atoms with van der Waals surface area (Å²) in [4.78, 5) is 3.64. The Hall–Kier alpha value is -0.100. The molecular weight excluding hydrogens is 398 g/mol. The molecule has 0 aliphatic heterocycles. The van der Waals surface area contributed by atoms with E-state index in [9.17, 15) is 4.39 Å². The fraction of sp³-hybridized carbons (Fsp3) is 0. The summed E-state index contributed by atoms with van der Waals surface area (Å²) in [5.74, 6) is -0.518. The SMILES string of the molecule is Fc1ncc(-c2c(Cl)cc(Cl)cc2Cl)cc1I. The number of aromatic nitrogens is 1. The van der Waals surface area contributed by atoms with Crippen molar-refractivity contribution in [2.75, 3.05) is 0 Å². The third-order valence-electron chi connectivity index (χ3n) is 2.09. The van der Waals surface area contributed by atoms with Crippen molar-refractivity contribution in [1.82, 2.24) is 4.98 Å². The first kappa shape index (κ1) is 13.3. The molecule has 17 heavy (non-hydrogen) atoms. The first-order valence-corrected chi connectivity index (χ1v) is 6.66. The summed E-state index contributed by atoms with van der Waals surface area (Å²) in [6.07, 6.45) is 1.39. The van der Waals surface area contributed by atoms with Gasteiger partial charge in [0.1, 0.15) is 0 Å². The Bertz CT molecular complexity index is 566. The van der Waals surface area contributed by atoms with E-state index < -0.39 is 5.95 Å². The van der Waals surface area contributed by atoms with E-state index in [2.05, 4.69) is 4.98 Å². The number of rotatable bonds is 1. The molecule has 0 saturated heterocycles. The van der Waals surface area contributed by atoms with Crippen molar-refractivity contribution >= 4 is 57.4 Å². The first-order chi connectivity index (χ1) is 7.99. The Morgan fingerprint density at radius 3 is 2.18 bits per heavy atom. The van der Waals surface area contributed by atoms with Crippen LogP contribution in [0.4, 0.5) is 4.39 Å². The Balaban J connectivity index is 2.64. The van der Waals surface area contributed by atoms with E-state index >= 15 is 0 Å². The average molecular weight is 402 g/mol. The second-order valence-electron chi connectivity index (χ2n) is 3.24. The average Bonchev–Trinajstić information content (AvgIpc) is 2.21. The topological polar surface area (TPSA) is 12.9 Å². The second kappa shape index (κ2) is 5.26. The van der Waals surface area contributed by atoms with Crippen molar-refractivity contribution < 1.29 is 4.39 Å². The molecule has 1 aromatic heterocycles. The van der Waals surface area contributed by atoms with Crippen LogP contribution in [0.5, 0.6) is 0 Å². The van der Waals surface area contributed by atoms with Crippen molar-refractivity contribution in [2.45, 2.75) is 0 Å². The fourth-order valence-electron chi connectivity index (χ4n) is 1.38. The van der Waals surface area contributed by atoms with Crippen molar-refractivity contribution in [2.24, 2.45) is 0 Å². The molecule has 0 atom stereocenters. The Kier molecular flexibility index (Phi) is 4.13. The van der Waals surface area contributed by atoms with Gasteiger partial charge < -0.3 is 0 Å². The zero-order valence-corrected chi connectivity index (χ0v) is 12.6. The number of benzene rings is 1. The number of pyridine rings is 1. The van der Waals surface area contributed by atoms with Gasteiger partial charge in [-0.3, -0.25) is 0 Å². The maximum atomic E-state index is 13.1. The Morgan fingerprint density at radius 1 is 1.06 bits per heavy atom. The minimum absolute atomic E-state index is 0.405. The maximum Gasteiger partial charge on any atom is 0.226 e. The lowest BCUT2D eigenvalue weighted by molar-refractivity contribution is 0.576. The molecule has 1 aromatic carbocycles. The van der Waals surface area contributed by atoms with Gasteiger partial charge in [0, 0.05) is 22.3 Å². The maximum absolute atomic E-state index is 13.1. The minimum atomic E-state index is -0.518. The molecule has 0 amide bonds. The van der Waals surface area contributed by atoms with E-state index in [-0.39, 0.29) is 0 Å². The highest BCUT2D eigenvalue weighted by atomic mass is 127. The minimum Gasteiger partial charge on any atom is -0.227 e. The van der Waals surface area contributed by atoms with Crippen LogP contribution in [-0.2, 0) is 0 Å². The van der Waals surface area contributed by atoms with Gasteiger partial charge >= 0.3 is 0 Å². The largest absolute Gasteiger partial charge is 0.227 e. The summed E-state index contributed by atoms with van der Waals surface area (Å²) < 4.78 is 13.5. The number of hydrogen-bond acceptors (Lipinski definition) is 1. The predicted octanol–water partition coefficient (Wildman–Crippen LogP) is 5.45. The van der Waals surface area contributed by atoms with Gasteiger partial charge in [-0.05, 0) is 40.8 Å². The molecule has 0 radical (unpaired) electrons. The molecule has 6 heteroatoms. The highest BCUT2D eigenvalue weighted by molar-refractivity contribution is 14.1. The normalized spacial score (nSPS) is 10.6. The quantitative estimate of drug-likeness (QED) is 0.456. The van der Waals surface area contributed by atoms with Crippen LogP contribution in [0.25, 0.3) is 11.1 Å². The van der Waals surface area contributed by atoms with Crippen molar-refractivity contribution in [3.05, 3.63) is 49.0 Å². The molecule has 0 bridgehead atoms. The van der Waals surface area contributed by atoms with Crippen LogP contribution in [0.3, 0.4) is 0 Å². The van der Waals surface area contributed by atoms with Crippen LogP contribution < -0.4 is 0 Å². The molecular formula is C11H4Cl3FIN. The van der Waals surface area contributed by atoms with Gasteiger partial charge in [-0.2, -0.15) is 4.39 Å². The van der Waals surface area contributed by atoms with Crippen LogP contribution in [-0.4, -0.2) is 4.98 Å². The summed E-state index contributed by atoms with van der Waals surface area (Å²) in [6, 6.07) is 4.80. The zero-order chi connectivity index (χ0) is 12.6. The smallest absolute Gasteiger partial charge is 0.226 e. The van der Waals surface area contributed by atoms with Crippen molar-refractivity contribution in [1.29, 1.82) is 0 Å². The second-order valence-corrected chi connectivity index (χ2v) is 5.65. The van der Waals surface area contributed by atoms with Gasteiger partial charge in [0.25, 0.3) is 0 Å². The lowest BCUT2D eigenvalue weighted by Gasteiger charge is -2.08. The molecule has 88 valence electrons. The van der Waals surface area contributed by atoms with Crippen LogP contribution in [0.15, 0.2) is 24.4 Å². The Labute approximate surface area is 126 Å². The van der Waals surface area contributed by atoms with E-state index in [0.717, 1.165) is 0 Å². The molecule has 0 fully saturated rings. The van der Waals surface area contributed by atoms with Crippen LogP contribution in [0.1, 0.15) is 0 Å². The molecule has 0 aliphatic rings. The highest BCUT2D eigenvalue weighted by Gasteiger charge is 2.12. The number of hydrogen-bond donors (Lipinski definition) is 0. The molecule has 0 aliphatic carbocycles.